The van der Waals surface area contributed by atoms with Crippen molar-refractivity contribution in [1.29, 1.82) is 0 Å². The summed E-state index contributed by atoms with van der Waals surface area (Å²) in [5.74, 6) is -0.361. The van der Waals surface area contributed by atoms with E-state index in [-0.39, 0.29) is 18.0 Å². The van der Waals surface area contributed by atoms with Gasteiger partial charge in [0, 0.05) is 11.8 Å². The van der Waals surface area contributed by atoms with Crippen LogP contribution in [0.1, 0.15) is 16.1 Å². The fourth-order valence-corrected chi connectivity index (χ4v) is 3.18. The number of nitrogens with one attached hydrogen (secondary N) is 1. The number of hydrogen-bond donors (Lipinski definition) is 1. The van der Waals surface area contributed by atoms with E-state index in [0.29, 0.717) is 23.7 Å². The van der Waals surface area contributed by atoms with Crippen molar-refractivity contribution < 1.29 is 32.2 Å². The molecular weight excluding hydrogens is 431 g/mol. The van der Waals surface area contributed by atoms with Crippen molar-refractivity contribution in [3.8, 4) is 11.4 Å². The molecule has 2 heterocycles. The second kappa shape index (κ2) is 8.21. The number of alkyl halides is 3. The Labute approximate surface area is 179 Å². The average molecular weight is 447 g/mol. The molecule has 3 aromatic rings. The summed E-state index contributed by atoms with van der Waals surface area (Å²) in [7, 11) is 1.41. The SMILES string of the molecule is COc1cc(NC(=O)c2cn(-c3ccccc3C(F)(F)F)nn2)ccc1N1CCOC1=O. The standard InChI is InChI=1S/C20H16F3N5O4/c1-31-17-10-12(6-7-16(17)27-8-9-32-19(27)30)24-18(29)14-11-28(26-25-14)15-5-3-2-4-13(15)20(21,22)23/h2-7,10-11H,8-9H2,1H3,(H,24,29). The molecule has 166 valence electrons. The zero-order valence-corrected chi connectivity index (χ0v) is 16.6. The summed E-state index contributed by atoms with van der Waals surface area (Å²) >= 11 is 0. The number of anilines is 2. The highest BCUT2D eigenvalue weighted by atomic mass is 19.4. The molecule has 1 aromatic heterocycles. The molecule has 0 aliphatic carbocycles. The molecule has 1 saturated heterocycles. The first kappa shape index (κ1) is 21.2. The van der Waals surface area contributed by atoms with Crippen molar-refractivity contribution in [3.63, 3.8) is 0 Å². The lowest BCUT2D eigenvalue weighted by molar-refractivity contribution is -0.137. The summed E-state index contributed by atoms with van der Waals surface area (Å²) in [6, 6.07) is 9.46. The highest BCUT2D eigenvalue weighted by Crippen LogP contribution is 2.34. The summed E-state index contributed by atoms with van der Waals surface area (Å²) in [5.41, 5.74) is -0.544. The number of para-hydroxylation sites is 1. The van der Waals surface area contributed by atoms with E-state index in [1.807, 2.05) is 0 Å². The fraction of sp³-hybridized carbons (Fsp3) is 0.200. The number of methoxy groups -OCH3 is 1. The smallest absolute Gasteiger partial charge is 0.418 e. The third-order valence-electron chi connectivity index (χ3n) is 4.67. The highest BCUT2D eigenvalue weighted by molar-refractivity contribution is 6.03. The lowest BCUT2D eigenvalue weighted by Gasteiger charge is -2.17. The number of carbonyl (C=O) groups is 2. The monoisotopic (exact) mass is 447 g/mol. The van der Waals surface area contributed by atoms with Gasteiger partial charge >= 0.3 is 12.3 Å². The van der Waals surface area contributed by atoms with Crippen LogP contribution < -0.4 is 15.0 Å². The normalized spacial score (nSPS) is 13.8. The number of nitrogens with zero attached hydrogens (tertiary/aromatic N) is 4. The number of cyclic esters (lactones) is 1. The van der Waals surface area contributed by atoms with Crippen molar-refractivity contribution in [2.45, 2.75) is 6.18 Å². The molecule has 4 rings (SSSR count). The van der Waals surface area contributed by atoms with Crippen LogP contribution in [-0.2, 0) is 10.9 Å². The summed E-state index contributed by atoms with van der Waals surface area (Å²) in [6.45, 7) is 0.622. The van der Waals surface area contributed by atoms with Gasteiger partial charge in [0.05, 0.1) is 36.8 Å². The lowest BCUT2D eigenvalue weighted by Crippen LogP contribution is -2.24. The van der Waals surface area contributed by atoms with E-state index in [1.165, 1.54) is 36.3 Å². The number of rotatable bonds is 5. The van der Waals surface area contributed by atoms with E-state index in [9.17, 15) is 22.8 Å². The van der Waals surface area contributed by atoms with Crippen LogP contribution in [0, 0.1) is 0 Å². The van der Waals surface area contributed by atoms with E-state index >= 15 is 0 Å². The number of halogens is 3. The summed E-state index contributed by atoms with van der Waals surface area (Å²) in [5, 5.41) is 9.91. The summed E-state index contributed by atoms with van der Waals surface area (Å²) < 4.78 is 50.8. The number of benzene rings is 2. The third-order valence-corrected chi connectivity index (χ3v) is 4.67. The lowest BCUT2D eigenvalue weighted by atomic mass is 10.1. The number of amides is 2. The Morgan fingerprint density at radius 3 is 2.66 bits per heavy atom. The molecule has 1 N–H and O–H groups in total. The van der Waals surface area contributed by atoms with Gasteiger partial charge in [-0.05, 0) is 24.3 Å². The largest absolute Gasteiger partial charge is 0.494 e. The molecule has 0 atom stereocenters. The van der Waals surface area contributed by atoms with Gasteiger partial charge < -0.3 is 14.8 Å². The molecule has 2 aromatic carbocycles. The van der Waals surface area contributed by atoms with Gasteiger partial charge in [0.15, 0.2) is 5.69 Å². The minimum atomic E-state index is -4.59. The molecule has 2 amide bonds. The van der Waals surface area contributed by atoms with Gasteiger partial charge in [-0.25, -0.2) is 9.48 Å². The minimum Gasteiger partial charge on any atom is -0.494 e. The molecule has 12 heteroatoms. The maximum atomic E-state index is 13.2. The van der Waals surface area contributed by atoms with Crippen molar-refractivity contribution in [3.05, 3.63) is 59.9 Å². The topological polar surface area (TPSA) is 98.6 Å². The molecule has 32 heavy (non-hydrogen) atoms. The van der Waals surface area contributed by atoms with Crippen LogP contribution in [0.5, 0.6) is 5.75 Å². The first-order valence-corrected chi connectivity index (χ1v) is 9.30. The Kier molecular flexibility index (Phi) is 5.43. The number of aromatic nitrogens is 3. The molecule has 1 aliphatic heterocycles. The van der Waals surface area contributed by atoms with Gasteiger partial charge in [-0.3, -0.25) is 9.69 Å². The van der Waals surface area contributed by atoms with Crippen LogP contribution in [0.2, 0.25) is 0 Å². The first-order chi connectivity index (χ1) is 15.3. The van der Waals surface area contributed by atoms with Gasteiger partial charge in [0.25, 0.3) is 5.91 Å². The molecule has 0 unspecified atom stereocenters. The van der Waals surface area contributed by atoms with Crippen LogP contribution in [0.3, 0.4) is 0 Å². The summed E-state index contributed by atoms with van der Waals surface area (Å²) in [6.07, 6.45) is -3.99. The molecule has 1 fully saturated rings. The average Bonchev–Trinajstić information content (AvgIpc) is 3.42. The van der Waals surface area contributed by atoms with Gasteiger partial charge in [0.1, 0.15) is 12.4 Å². The predicted octanol–water partition coefficient (Wildman–Crippen LogP) is 3.50. The van der Waals surface area contributed by atoms with Crippen LogP contribution in [-0.4, -0.2) is 47.3 Å². The van der Waals surface area contributed by atoms with E-state index in [1.54, 1.807) is 12.1 Å². The molecular formula is C20H16F3N5O4. The van der Waals surface area contributed by atoms with Gasteiger partial charge in [-0.2, -0.15) is 13.2 Å². The van der Waals surface area contributed by atoms with Crippen LogP contribution in [0.15, 0.2) is 48.7 Å². The first-order valence-electron chi connectivity index (χ1n) is 9.30. The predicted molar refractivity (Wildman–Crippen MR) is 106 cm³/mol. The Morgan fingerprint density at radius 2 is 1.97 bits per heavy atom. The molecule has 9 nitrogen and oxygen atoms in total. The van der Waals surface area contributed by atoms with Crippen molar-refractivity contribution in [1.82, 2.24) is 15.0 Å². The maximum Gasteiger partial charge on any atom is 0.418 e. The Hall–Kier alpha value is -4.09. The molecule has 0 saturated carbocycles. The van der Waals surface area contributed by atoms with Gasteiger partial charge in [-0.15, -0.1) is 5.10 Å². The number of hydrogen-bond acceptors (Lipinski definition) is 6. The number of ether oxygens (including phenoxy) is 2. The second-order valence-electron chi connectivity index (χ2n) is 6.67. The highest BCUT2D eigenvalue weighted by Gasteiger charge is 2.34. The zero-order valence-electron chi connectivity index (χ0n) is 16.6. The van der Waals surface area contributed by atoms with Crippen molar-refractivity contribution >= 4 is 23.4 Å². The Balaban J connectivity index is 1.55. The number of carbonyl (C=O) groups excluding carboxylic acids is 2. The van der Waals surface area contributed by atoms with Gasteiger partial charge in [-0.1, -0.05) is 17.3 Å². The van der Waals surface area contributed by atoms with Gasteiger partial charge in [0.2, 0.25) is 0 Å². The van der Waals surface area contributed by atoms with E-state index in [2.05, 4.69) is 15.6 Å². The Bertz CT molecular complexity index is 1180. The zero-order chi connectivity index (χ0) is 22.9. The minimum absolute atomic E-state index is 0.187. The molecule has 0 radical (unpaired) electrons. The molecule has 1 aliphatic rings. The van der Waals surface area contributed by atoms with E-state index in [0.717, 1.165) is 16.9 Å². The third kappa shape index (κ3) is 4.06. The quantitative estimate of drug-likeness (QED) is 0.643. The van der Waals surface area contributed by atoms with E-state index in [4.69, 9.17) is 9.47 Å². The van der Waals surface area contributed by atoms with Crippen LogP contribution in [0.4, 0.5) is 29.3 Å². The summed E-state index contributed by atoms with van der Waals surface area (Å²) in [4.78, 5) is 25.7. The van der Waals surface area contributed by atoms with Crippen molar-refractivity contribution in [2.75, 3.05) is 30.5 Å². The second-order valence-corrected chi connectivity index (χ2v) is 6.67. The maximum absolute atomic E-state index is 13.2. The fourth-order valence-electron chi connectivity index (χ4n) is 3.18. The molecule has 0 spiro atoms. The van der Waals surface area contributed by atoms with Crippen molar-refractivity contribution in [2.24, 2.45) is 0 Å². The Morgan fingerprint density at radius 1 is 1.19 bits per heavy atom. The van der Waals surface area contributed by atoms with Crippen LogP contribution in [0.25, 0.3) is 5.69 Å². The molecule has 0 bridgehead atoms. The van der Waals surface area contributed by atoms with E-state index < -0.39 is 23.7 Å². The van der Waals surface area contributed by atoms with Crippen LogP contribution >= 0.6 is 0 Å².